The number of rotatable bonds is 6. The predicted molar refractivity (Wildman–Crippen MR) is 108 cm³/mol. The Labute approximate surface area is 161 Å². The molecule has 0 spiro atoms. The van der Waals surface area contributed by atoms with Crippen molar-refractivity contribution >= 4 is 22.9 Å². The van der Waals surface area contributed by atoms with Gasteiger partial charge in [-0.3, -0.25) is 4.79 Å². The van der Waals surface area contributed by atoms with Crippen molar-refractivity contribution in [2.24, 2.45) is 0 Å². The molecule has 134 valence electrons. The largest absolute Gasteiger partial charge is 0.326 e. The molecule has 1 N–H and O–H groups in total. The number of thiazole rings is 1. The Bertz CT molecular complexity index is 1010. The van der Waals surface area contributed by atoms with Gasteiger partial charge in [-0.1, -0.05) is 18.2 Å². The van der Waals surface area contributed by atoms with Gasteiger partial charge >= 0.3 is 0 Å². The molecular weight excluding hydrogens is 356 g/mol. The number of nitrogens with one attached hydrogen (secondary N) is 1. The number of hydrogen-bond acceptors (Lipinski definition) is 4. The van der Waals surface area contributed by atoms with E-state index in [0.29, 0.717) is 12.8 Å². The number of para-hydroxylation sites is 1. The lowest BCUT2D eigenvalue weighted by Gasteiger charge is -2.05. The smallest absolute Gasteiger partial charge is 0.224 e. The monoisotopic (exact) mass is 374 g/mol. The Balaban J connectivity index is 1.32. The lowest BCUT2D eigenvalue weighted by Crippen LogP contribution is -2.12. The zero-order valence-corrected chi connectivity index (χ0v) is 15.4. The van der Waals surface area contributed by atoms with E-state index >= 15 is 0 Å². The Morgan fingerprint density at radius 1 is 1.07 bits per heavy atom. The van der Waals surface area contributed by atoms with E-state index in [2.05, 4.69) is 15.4 Å². The van der Waals surface area contributed by atoms with Gasteiger partial charge in [0, 0.05) is 35.4 Å². The van der Waals surface area contributed by atoms with Gasteiger partial charge in [-0.05, 0) is 48.4 Å². The van der Waals surface area contributed by atoms with E-state index in [0.717, 1.165) is 27.5 Å². The van der Waals surface area contributed by atoms with E-state index in [-0.39, 0.29) is 5.91 Å². The molecule has 27 heavy (non-hydrogen) atoms. The molecule has 0 aliphatic rings. The van der Waals surface area contributed by atoms with Gasteiger partial charge in [0.2, 0.25) is 5.91 Å². The van der Waals surface area contributed by atoms with E-state index in [4.69, 9.17) is 0 Å². The molecule has 0 aliphatic carbocycles. The third-order valence-electron chi connectivity index (χ3n) is 4.15. The third-order valence-corrected chi connectivity index (χ3v) is 4.97. The van der Waals surface area contributed by atoms with Gasteiger partial charge in [0.15, 0.2) is 0 Å². The second kappa shape index (κ2) is 7.97. The van der Waals surface area contributed by atoms with E-state index in [9.17, 15) is 4.79 Å². The fourth-order valence-corrected chi connectivity index (χ4v) is 3.40. The number of carbonyl (C=O) groups is 1. The Hall–Kier alpha value is -3.25. The molecular formula is C21H18N4OS. The summed E-state index contributed by atoms with van der Waals surface area (Å²) in [5, 5.41) is 10.2. The van der Waals surface area contributed by atoms with Gasteiger partial charge in [-0.2, -0.15) is 5.10 Å². The van der Waals surface area contributed by atoms with Crippen LogP contribution in [0.3, 0.4) is 0 Å². The normalized spacial score (nSPS) is 10.7. The molecule has 0 atom stereocenters. The van der Waals surface area contributed by atoms with E-state index in [1.165, 1.54) is 0 Å². The molecule has 6 heteroatoms. The van der Waals surface area contributed by atoms with Crippen LogP contribution >= 0.6 is 11.3 Å². The molecule has 0 fully saturated rings. The molecule has 2 aromatic heterocycles. The van der Waals surface area contributed by atoms with E-state index in [1.54, 1.807) is 17.5 Å². The van der Waals surface area contributed by atoms with Crippen LogP contribution in [-0.4, -0.2) is 20.7 Å². The van der Waals surface area contributed by atoms with Crippen molar-refractivity contribution in [2.75, 3.05) is 5.32 Å². The lowest BCUT2D eigenvalue weighted by molar-refractivity contribution is -0.116. The predicted octanol–water partition coefficient (Wildman–Crippen LogP) is 4.57. The zero-order valence-electron chi connectivity index (χ0n) is 14.6. The standard InChI is InChI=1S/C21H18N4OS/c26-20(24-18-9-7-17(8-10-18)21-22-12-13-27-21)11-6-16-14-23-25(15-16)19-4-2-1-3-5-19/h1-5,7-10,12-15H,6,11H2,(H,24,26). The van der Waals surface area contributed by atoms with Gasteiger partial charge in [0.25, 0.3) is 0 Å². The van der Waals surface area contributed by atoms with Crippen LogP contribution in [0.15, 0.2) is 78.6 Å². The van der Waals surface area contributed by atoms with Crippen molar-refractivity contribution in [3.63, 3.8) is 0 Å². The molecule has 0 unspecified atom stereocenters. The summed E-state index contributed by atoms with van der Waals surface area (Å²) < 4.78 is 1.82. The summed E-state index contributed by atoms with van der Waals surface area (Å²) in [6.07, 6.45) is 6.62. The minimum atomic E-state index is -0.00976. The number of anilines is 1. The van der Waals surface area contributed by atoms with Gasteiger partial charge in [-0.15, -0.1) is 11.3 Å². The van der Waals surface area contributed by atoms with Crippen LogP contribution in [0.5, 0.6) is 0 Å². The van der Waals surface area contributed by atoms with Crippen LogP contribution in [0.25, 0.3) is 16.3 Å². The summed E-state index contributed by atoms with van der Waals surface area (Å²) in [5.41, 5.74) is 3.89. The summed E-state index contributed by atoms with van der Waals surface area (Å²) in [6, 6.07) is 17.7. The second-order valence-electron chi connectivity index (χ2n) is 6.09. The van der Waals surface area contributed by atoms with E-state index in [1.807, 2.05) is 77.1 Å². The van der Waals surface area contributed by atoms with Gasteiger partial charge in [0.05, 0.1) is 11.9 Å². The maximum absolute atomic E-state index is 12.2. The number of hydrogen-bond donors (Lipinski definition) is 1. The summed E-state index contributed by atoms with van der Waals surface area (Å²) in [6.45, 7) is 0. The number of nitrogens with zero attached hydrogens (tertiary/aromatic N) is 3. The Kier molecular flexibility index (Phi) is 5.07. The maximum Gasteiger partial charge on any atom is 0.224 e. The zero-order chi connectivity index (χ0) is 18.5. The third kappa shape index (κ3) is 4.30. The molecule has 1 amide bonds. The van der Waals surface area contributed by atoms with Crippen LogP contribution in [0.2, 0.25) is 0 Å². The van der Waals surface area contributed by atoms with Crippen molar-refractivity contribution in [2.45, 2.75) is 12.8 Å². The van der Waals surface area contributed by atoms with Crippen molar-refractivity contribution in [1.29, 1.82) is 0 Å². The first-order valence-corrected chi connectivity index (χ1v) is 9.55. The molecule has 0 aliphatic heterocycles. The first-order valence-electron chi connectivity index (χ1n) is 8.67. The van der Waals surface area contributed by atoms with Crippen molar-refractivity contribution < 1.29 is 4.79 Å². The fourth-order valence-electron chi connectivity index (χ4n) is 2.75. The molecule has 0 bridgehead atoms. The van der Waals surface area contributed by atoms with Crippen molar-refractivity contribution in [1.82, 2.24) is 14.8 Å². The Morgan fingerprint density at radius 2 is 1.89 bits per heavy atom. The summed E-state index contributed by atoms with van der Waals surface area (Å²) in [7, 11) is 0. The molecule has 0 radical (unpaired) electrons. The number of benzene rings is 2. The first-order chi connectivity index (χ1) is 13.3. The first kappa shape index (κ1) is 17.2. The van der Waals surface area contributed by atoms with Crippen molar-refractivity contribution in [3.8, 4) is 16.3 Å². The topological polar surface area (TPSA) is 59.8 Å². The SMILES string of the molecule is O=C(CCc1cnn(-c2ccccc2)c1)Nc1ccc(-c2nccs2)cc1. The highest BCUT2D eigenvalue weighted by atomic mass is 32.1. The molecule has 2 aromatic carbocycles. The number of carbonyl (C=O) groups excluding carboxylic acids is 1. The van der Waals surface area contributed by atoms with Crippen LogP contribution in [0.4, 0.5) is 5.69 Å². The Morgan fingerprint density at radius 3 is 2.63 bits per heavy atom. The summed E-state index contributed by atoms with van der Waals surface area (Å²) in [4.78, 5) is 16.5. The number of amides is 1. The average molecular weight is 374 g/mol. The highest BCUT2D eigenvalue weighted by molar-refractivity contribution is 7.13. The van der Waals surface area contributed by atoms with Crippen LogP contribution in [-0.2, 0) is 11.2 Å². The highest BCUT2D eigenvalue weighted by Crippen LogP contribution is 2.23. The molecule has 2 heterocycles. The fraction of sp³-hybridized carbons (Fsp3) is 0.0952. The number of aromatic nitrogens is 3. The second-order valence-corrected chi connectivity index (χ2v) is 6.99. The van der Waals surface area contributed by atoms with Crippen LogP contribution < -0.4 is 5.32 Å². The lowest BCUT2D eigenvalue weighted by atomic mass is 10.2. The van der Waals surface area contributed by atoms with Crippen molar-refractivity contribution in [3.05, 3.63) is 84.1 Å². The minimum Gasteiger partial charge on any atom is -0.326 e. The maximum atomic E-state index is 12.2. The van der Waals surface area contributed by atoms with Crippen LogP contribution in [0.1, 0.15) is 12.0 Å². The average Bonchev–Trinajstić information content (AvgIpc) is 3.40. The summed E-state index contributed by atoms with van der Waals surface area (Å²) >= 11 is 1.60. The van der Waals surface area contributed by atoms with Gasteiger partial charge in [0.1, 0.15) is 5.01 Å². The summed E-state index contributed by atoms with van der Waals surface area (Å²) in [5.74, 6) is -0.00976. The van der Waals surface area contributed by atoms with Gasteiger partial charge < -0.3 is 5.32 Å². The molecule has 4 rings (SSSR count). The highest BCUT2D eigenvalue weighted by Gasteiger charge is 2.07. The van der Waals surface area contributed by atoms with E-state index < -0.39 is 0 Å². The quantitative estimate of drug-likeness (QED) is 0.538. The molecule has 4 aromatic rings. The molecule has 5 nitrogen and oxygen atoms in total. The van der Waals surface area contributed by atoms with Crippen LogP contribution in [0, 0.1) is 0 Å². The minimum absolute atomic E-state index is 0.00976. The van der Waals surface area contributed by atoms with Gasteiger partial charge in [-0.25, -0.2) is 9.67 Å². The number of aryl methyl sites for hydroxylation is 1. The molecule has 0 saturated carbocycles. The molecule has 0 saturated heterocycles.